The lowest BCUT2D eigenvalue weighted by atomic mass is 9.95. The number of hydrogen-bond acceptors (Lipinski definition) is 4. The van der Waals surface area contributed by atoms with Crippen molar-refractivity contribution in [2.75, 3.05) is 26.2 Å². The monoisotopic (exact) mass is 422 g/mol. The average molecular weight is 423 g/mol. The molecule has 1 N–H and O–H groups in total. The molecule has 2 aromatic rings. The third-order valence-electron chi connectivity index (χ3n) is 5.53. The number of carbonyl (C=O) groups is 2. The molecule has 1 heterocycles. The lowest BCUT2D eigenvalue weighted by Gasteiger charge is -2.29. The van der Waals surface area contributed by atoms with E-state index in [2.05, 4.69) is 4.90 Å². The van der Waals surface area contributed by atoms with Crippen molar-refractivity contribution < 1.29 is 19.1 Å². The van der Waals surface area contributed by atoms with Crippen LogP contribution in [0.15, 0.2) is 72.0 Å². The van der Waals surface area contributed by atoms with Gasteiger partial charge in [-0.15, -0.1) is 0 Å². The molecule has 0 fully saturated rings. The number of aliphatic hydroxyl groups is 1. The van der Waals surface area contributed by atoms with Gasteiger partial charge >= 0.3 is 0 Å². The molecule has 1 aliphatic heterocycles. The first-order valence-electron chi connectivity index (χ1n) is 10.5. The van der Waals surface area contributed by atoms with Crippen molar-refractivity contribution in [2.45, 2.75) is 19.9 Å². The van der Waals surface area contributed by atoms with E-state index in [-0.39, 0.29) is 5.57 Å². The van der Waals surface area contributed by atoms with Crippen LogP contribution in [0.25, 0.3) is 6.08 Å². The van der Waals surface area contributed by atoms with Gasteiger partial charge in [0.15, 0.2) is 11.5 Å². The Hall–Kier alpha value is -3.25. The van der Waals surface area contributed by atoms with Gasteiger partial charge < -0.3 is 14.9 Å². The minimum absolute atomic E-state index is 0.0170. The Labute approximate surface area is 182 Å². The fraction of sp³-hybridized carbons (Fsp3) is 0.280. The predicted octanol–water partition coefficient (Wildman–Crippen LogP) is 4.15. The normalized spacial score (nSPS) is 16.7. The van der Waals surface area contributed by atoms with E-state index in [1.165, 1.54) is 23.1 Å². The van der Waals surface area contributed by atoms with E-state index in [1.54, 1.807) is 18.2 Å². The molecule has 0 spiro atoms. The molecular formula is C25H27FN2O3. The maximum atomic E-state index is 13.5. The Morgan fingerprint density at radius 3 is 2.35 bits per heavy atom. The summed E-state index contributed by atoms with van der Waals surface area (Å²) >= 11 is 0. The lowest BCUT2D eigenvalue weighted by Crippen LogP contribution is -2.38. The summed E-state index contributed by atoms with van der Waals surface area (Å²) in [7, 11) is 0. The number of allylic oxidation sites excluding steroid dienone is 1. The Bertz CT molecular complexity index is 980. The summed E-state index contributed by atoms with van der Waals surface area (Å²) in [4.78, 5) is 29.6. The number of likely N-dealkylation sites (N-methyl/N-ethyl adjacent to an activating group) is 1. The van der Waals surface area contributed by atoms with Crippen molar-refractivity contribution in [3.63, 3.8) is 0 Å². The van der Waals surface area contributed by atoms with E-state index in [0.29, 0.717) is 18.7 Å². The number of rotatable bonds is 9. The zero-order valence-electron chi connectivity index (χ0n) is 17.8. The highest BCUT2D eigenvalue weighted by molar-refractivity contribution is 6.14. The first-order valence-corrected chi connectivity index (χ1v) is 10.5. The molecule has 6 heteroatoms. The Morgan fingerprint density at radius 1 is 1.10 bits per heavy atom. The van der Waals surface area contributed by atoms with Crippen LogP contribution in [-0.2, 0) is 9.59 Å². The van der Waals surface area contributed by atoms with Gasteiger partial charge in [-0.3, -0.25) is 9.59 Å². The molecule has 1 amide bonds. The van der Waals surface area contributed by atoms with E-state index in [9.17, 15) is 19.1 Å². The smallest absolute Gasteiger partial charge is 0.290 e. The van der Waals surface area contributed by atoms with Crippen LogP contribution in [0, 0.1) is 5.82 Å². The van der Waals surface area contributed by atoms with Crippen molar-refractivity contribution >= 4 is 17.8 Å². The quantitative estimate of drug-likeness (QED) is 0.617. The largest absolute Gasteiger partial charge is 0.503 e. The van der Waals surface area contributed by atoms with Gasteiger partial charge in [0.25, 0.3) is 5.91 Å². The van der Waals surface area contributed by atoms with Gasteiger partial charge in [0.2, 0.25) is 0 Å². The third kappa shape index (κ3) is 5.09. The van der Waals surface area contributed by atoms with Crippen molar-refractivity contribution in [2.24, 2.45) is 0 Å². The summed E-state index contributed by atoms with van der Waals surface area (Å²) in [6, 6.07) is 14.2. The molecule has 0 radical (unpaired) electrons. The van der Waals surface area contributed by atoms with Crippen LogP contribution >= 0.6 is 0 Å². The summed E-state index contributed by atoms with van der Waals surface area (Å²) in [6.45, 7) is 6.66. The molecule has 1 aliphatic rings. The molecule has 162 valence electrons. The van der Waals surface area contributed by atoms with Gasteiger partial charge in [0.1, 0.15) is 5.82 Å². The summed E-state index contributed by atoms with van der Waals surface area (Å²) in [5.41, 5.74) is 1.43. The Kier molecular flexibility index (Phi) is 7.36. The highest BCUT2D eigenvalue weighted by Gasteiger charge is 2.42. The molecule has 3 rings (SSSR count). The second kappa shape index (κ2) is 10.2. The number of amides is 1. The molecule has 0 bridgehead atoms. The third-order valence-corrected chi connectivity index (χ3v) is 5.53. The van der Waals surface area contributed by atoms with Gasteiger partial charge in [0, 0.05) is 13.1 Å². The van der Waals surface area contributed by atoms with E-state index in [4.69, 9.17) is 0 Å². The van der Waals surface area contributed by atoms with Crippen LogP contribution < -0.4 is 0 Å². The predicted molar refractivity (Wildman–Crippen MR) is 119 cm³/mol. The van der Waals surface area contributed by atoms with Gasteiger partial charge in [-0.25, -0.2) is 4.39 Å². The zero-order chi connectivity index (χ0) is 22.4. The molecule has 0 saturated carbocycles. The fourth-order valence-electron chi connectivity index (χ4n) is 3.74. The van der Waals surface area contributed by atoms with Crippen LogP contribution in [0.3, 0.4) is 0 Å². The molecule has 2 aromatic carbocycles. The Morgan fingerprint density at radius 2 is 1.74 bits per heavy atom. The van der Waals surface area contributed by atoms with Crippen LogP contribution in [0.2, 0.25) is 0 Å². The average Bonchev–Trinajstić information content (AvgIpc) is 3.04. The number of halogens is 1. The highest BCUT2D eigenvalue weighted by atomic mass is 19.1. The number of ketones is 1. The summed E-state index contributed by atoms with van der Waals surface area (Å²) in [5.74, 6) is -1.99. The minimum Gasteiger partial charge on any atom is -0.503 e. The van der Waals surface area contributed by atoms with Crippen LogP contribution in [-0.4, -0.2) is 52.8 Å². The number of carbonyl (C=O) groups excluding carboxylic acids is 2. The lowest BCUT2D eigenvalue weighted by molar-refractivity contribution is -0.129. The van der Waals surface area contributed by atoms with Crippen molar-refractivity contribution in [3.05, 3.63) is 88.9 Å². The summed E-state index contributed by atoms with van der Waals surface area (Å²) < 4.78 is 13.5. The van der Waals surface area contributed by atoms with E-state index in [1.807, 2.05) is 44.2 Å². The van der Waals surface area contributed by atoms with Crippen molar-refractivity contribution in [1.82, 2.24) is 9.80 Å². The number of benzene rings is 2. The van der Waals surface area contributed by atoms with Crippen molar-refractivity contribution in [1.29, 1.82) is 0 Å². The number of hydrogen-bond donors (Lipinski definition) is 1. The molecule has 0 aromatic heterocycles. The van der Waals surface area contributed by atoms with Crippen molar-refractivity contribution in [3.8, 4) is 0 Å². The number of aliphatic hydroxyl groups excluding tert-OH is 1. The minimum atomic E-state index is -0.767. The Balaban J connectivity index is 1.94. The second-order valence-corrected chi connectivity index (χ2v) is 7.35. The standard InChI is InChI=1S/C25H27FN2O3/c1-3-27(4-2)16-17-28-23(19-11-13-20(26)14-12-19)22(24(30)25(28)31)21(29)15-10-18-8-6-5-7-9-18/h5-15,23,30H,3-4,16-17H2,1-2H3/b15-10+. The van der Waals surface area contributed by atoms with Gasteiger partial charge in [-0.2, -0.15) is 0 Å². The van der Waals surface area contributed by atoms with E-state index >= 15 is 0 Å². The first-order chi connectivity index (χ1) is 15.0. The molecular weight excluding hydrogens is 395 g/mol. The van der Waals surface area contributed by atoms with Gasteiger partial charge in [0.05, 0.1) is 11.6 Å². The summed E-state index contributed by atoms with van der Waals surface area (Å²) in [6.07, 6.45) is 3.01. The van der Waals surface area contributed by atoms with Crippen LogP contribution in [0.4, 0.5) is 4.39 Å². The number of nitrogens with zero attached hydrogens (tertiary/aromatic N) is 2. The molecule has 5 nitrogen and oxygen atoms in total. The van der Waals surface area contributed by atoms with E-state index in [0.717, 1.165) is 18.7 Å². The van der Waals surface area contributed by atoms with Crippen LogP contribution in [0.5, 0.6) is 0 Å². The maximum absolute atomic E-state index is 13.5. The zero-order valence-corrected chi connectivity index (χ0v) is 17.8. The maximum Gasteiger partial charge on any atom is 0.290 e. The fourth-order valence-corrected chi connectivity index (χ4v) is 3.74. The first kappa shape index (κ1) is 22.4. The molecule has 31 heavy (non-hydrogen) atoms. The molecule has 1 unspecified atom stereocenters. The second-order valence-electron chi connectivity index (χ2n) is 7.35. The summed E-state index contributed by atoms with van der Waals surface area (Å²) in [5, 5.41) is 10.6. The highest BCUT2D eigenvalue weighted by Crippen LogP contribution is 2.37. The topological polar surface area (TPSA) is 60.9 Å². The van der Waals surface area contributed by atoms with Gasteiger partial charge in [-0.1, -0.05) is 62.4 Å². The van der Waals surface area contributed by atoms with E-state index < -0.39 is 29.3 Å². The van der Waals surface area contributed by atoms with Gasteiger partial charge in [-0.05, 0) is 42.4 Å². The molecule has 0 aliphatic carbocycles. The van der Waals surface area contributed by atoms with Crippen LogP contribution in [0.1, 0.15) is 31.0 Å². The molecule has 1 atom stereocenters. The molecule has 0 saturated heterocycles. The SMILES string of the molecule is CCN(CC)CCN1C(=O)C(O)=C(C(=O)/C=C/c2ccccc2)C1c1ccc(F)cc1.